The second-order valence-electron chi connectivity index (χ2n) is 5.08. The molecule has 0 saturated heterocycles. The maximum Gasteiger partial charge on any atom is 0.251 e. The van der Waals surface area contributed by atoms with Gasteiger partial charge in [-0.05, 0) is 43.9 Å². The zero-order chi connectivity index (χ0) is 13.7. The number of nitrogens with two attached hydrogens (primary N) is 1. The molecule has 1 rings (SSSR count). The second kappa shape index (κ2) is 6.38. The molecule has 3 N–H and O–H groups in total. The Morgan fingerprint density at radius 1 is 1.33 bits per heavy atom. The first-order valence-electron chi connectivity index (χ1n) is 6.26. The van der Waals surface area contributed by atoms with Gasteiger partial charge in [0.2, 0.25) is 0 Å². The van der Waals surface area contributed by atoms with Crippen molar-refractivity contribution in [1.29, 1.82) is 0 Å². The number of benzene rings is 1. The van der Waals surface area contributed by atoms with Crippen LogP contribution in [0.25, 0.3) is 0 Å². The largest absolute Gasteiger partial charge is 0.383 e. The number of halogens is 1. The third-order valence-corrected chi connectivity index (χ3v) is 2.82. The summed E-state index contributed by atoms with van der Waals surface area (Å²) < 4.78 is 13.3. The first-order chi connectivity index (χ1) is 8.40. The number of rotatable bonds is 6. The third-order valence-electron chi connectivity index (χ3n) is 2.82. The van der Waals surface area contributed by atoms with E-state index in [1.807, 2.05) is 0 Å². The van der Waals surface area contributed by atoms with Crippen molar-refractivity contribution in [2.75, 3.05) is 5.32 Å². The van der Waals surface area contributed by atoms with Crippen LogP contribution in [0.3, 0.4) is 0 Å². The number of carbonyl (C=O) groups is 1. The molecule has 100 valence electrons. The molecule has 0 heterocycles. The maximum atomic E-state index is 13.3. The number of hydrogen-bond donors (Lipinski definition) is 2. The quantitative estimate of drug-likeness (QED) is 0.817. The van der Waals surface area contributed by atoms with E-state index in [-0.39, 0.29) is 11.6 Å². The van der Waals surface area contributed by atoms with Crippen molar-refractivity contribution in [3.8, 4) is 0 Å². The minimum Gasteiger partial charge on any atom is -0.383 e. The lowest BCUT2D eigenvalue weighted by Gasteiger charge is -2.16. The van der Waals surface area contributed by atoms with Crippen LogP contribution in [0, 0.1) is 11.7 Å². The Balaban J connectivity index is 2.67. The fourth-order valence-electron chi connectivity index (χ4n) is 1.74. The van der Waals surface area contributed by atoms with Gasteiger partial charge in [-0.15, -0.1) is 0 Å². The van der Waals surface area contributed by atoms with Gasteiger partial charge in [-0.2, -0.15) is 0 Å². The van der Waals surface area contributed by atoms with Crippen LogP contribution in [0.4, 0.5) is 10.1 Å². The average Bonchev–Trinajstić information content (AvgIpc) is 2.28. The number of hydrogen-bond acceptors (Lipinski definition) is 2. The zero-order valence-corrected chi connectivity index (χ0v) is 11.2. The monoisotopic (exact) mass is 252 g/mol. The van der Waals surface area contributed by atoms with Crippen molar-refractivity contribution >= 4 is 11.6 Å². The summed E-state index contributed by atoms with van der Waals surface area (Å²) in [5.74, 6) is -0.669. The molecule has 1 aromatic carbocycles. The lowest BCUT2D eigenvalue weighted by molar-refractivity contribution is 0.0996. The Hall–Kier alpha value is -1.58. The molecule has 0 aliphatic heterocycles. The van der Waals surface area contributed by atoms with Gasteiger partial charge in [0.15, 0.2) is 0 Å². The highest BCUT2D eigenvalue weighted by atomic mass is 19.1. The van der Waals surface area contributed by atoms with Crippen LogP contribution in [0.15, 0.2) is 18.2 Å². The fourth-order valence-corrected chi connectivity index (χ4v) is 1.74. The van der Waals surface area contributed by atoms with E-state index in [2.05, 4.69) is 26.1 Å². The second-order valence-corrected chi connectivity index (χ2v) is 5.08. The predicted octanol–water partition coefficient (Wildman–Crippen LogP) is 3.16. The molecule has 0 saturated carbocycles. The van der Waals surface area contributed by atoms with Crippen molar-refractivity contribution < 1.29 is 9.18 Å². The van der Waals surface area contributed by atoms with E-state index in [1.54, 1.807) is 6.07 Å². The Morgan fingerprint density at radius 3 is 2.56 bits per heavy atom. The van der Waals surface area contributed by atoms with Gasteiger partial charge in [0.25, 0.3) is 5.91 Å². The molecule has 0 aliphatic rings. The van der Waals surface area contributed by atoms with Crippen molar-refractivity contribution in [1.82, 2.24) is 0 Å². The molecule has 4 heteroatoms. The molecule has 3 nitrogen and oxygen atoms in total. The van der Waals surface area contributed by atoms with Crippen molar-refractivity contribution in [2.45, 2.75) is 39.7 Å². The minimum atomic E-state index is -0.744. The number of primary amides is 1. The minimum absolute atomic E-state index is 0.0731. The normalized spacial score (nSPS) is 12.5. The van der Waals surface area contributed by atoms with E-state index in [4.69, 9.17) is 5.73 Å². The highest BCUT2D eigenvalue weighted by molar-refractivity contribution is 5.94. The van der Waals surface area contributed by atoms with Crippen LogP contribution in [-0.2, 0) is 0 Å². The van der Waals surface area contributed by atoms with Gasteiger partial charge in [0.05, 0.1) is 5.56 Å². The summed E-state index contributed by atoms with van der Waals surface area (Å²) in [6.07, 6.45) is 2.15. The molecule has 0 radical (unpaired) electrons. The molecule has 1 aromatic rings. The Bertz CT molecular complexity index is 418. The average molecular weight is 252 g/mol. The fraction of sp³-hybridized carbons (Fsp3) is 0.500. The Kier molecular flexibility index (Phi) is 5.13. The molecular weight excluding hydrogens is 231 g/mol. The van der Waals surface area contributed by atoms with Crippen LogP contribution in [0.5, 0.6) is 0 Å². The van der Waals surface area contributed by atoms with E-state index in [0.717, 1.165) is 18.5 Å². The van der Waals surface area contributed by atoms with Gasteiger partial charge in [0, 0.05) is 11.7 Å². The molecule has 0 bridgehead atoms. The zero-order valence-electron chi connectivity index (χ0n) is 11.2. The van der Waals surface area contributed by atoms with E-state index >= 15 is 0 Å². The topological polar surface area (TPSA) is 55.1 Å². The van der Waals surface area contributed by atoms with Crippen LogP contribution < -0.4 is 11.1 Å². The summed E-state index contributed by atoms with van der Waals surface area (Å²) in [7, 11) is 0. The summed E-state index contributed by atoms with van der Waals surface area (Å²) >= 11 is 0. The summed E-state index contributed by atoms with van der Waals surface area (Å²) in [6, 6.07) is 4.62. The number of nitrogens with one attached hydrogen (secondary N) is 1. The first-order valence-corrected chi connectivity index (χ1v) is 6.26. The van der Waals surface area contributed by atoms with Gasteiger partial charge < -0.3 is 11.1 Å². The SMILES string of the molecule is CC(C)CCC(C)Nc1ccc(F)c(C(N)=O)c1. The highest BCUT2D eigenvalue weighted by Crippen LogP contribution is 2.17. The van der Waals surface area contributed by atoms with Gasteiger partial charge in [-0.1, -0.05) is 13.8 Å². The third kappa shape index (κ3) is 4.35. The Labute approximate surface area is 108 Å². The van der Waals surface area contributed by atoms with Crippen LogP contribution in [0.2, 0.25) is 0 Å². The van der Waals surface area contributed by atoms with Gasteiger partial charge in [-0.25, -0.2) is 4.39 Å². The lowest BCUT2D eigenvalue weighted by atomic mass is 10.0. The van der Waals surface area contributed by atoms with Crippen molar-refractivity contribution in [2.24, 2.45) is 11.7 Å². The molecule has 18 heavy (non-hydrogen) atoms. The van der Waals surface area contributed by atoms with E-state index < -0.39 is 11.7 Å². The standard InChI is InChI=1S/C14H21FN2O/c1-9(2)4-5-10(3)17-11-6-7-13(15)12(8-11)14(16)18/h6-10,17H,4-5H2,1-3H3,(H2,16,18). The number of carbonyl (C=O) groups excluding carboxylic acids is 1. The summed E-state index contributed by atoms with van der Waals surface area (Å²) in [4.78, 5) is 11.0. The van der Waals surface area contributed by atoms with E-state index in [0.29, 0.717) is 5.92 Å². The van der Waals surface area contributed by atoms with Crippen molar-refractivity contribution in [3.05, 3.63) is 29.6 Å². The molecule has 0 aromatic heterocycles. The highest BCUT2D eigenvalue weighted by Gasteiger charge is 2.10. The van der Waals surface area contributed by atoms with Gasteiger partial charge in [-0.3, -0.25) is 4.79 Å². The predicted molar refractivity (Wildman–Crippen MR) is 72.1 cm³/mol. The molecule has 0 aliphatic carbocycles. The maximum absolute atomic E-state index is 13.3. The smallest absolute Gasteiger partial charge is 0.251 e. The summed E-state index contributed by atoms with van der Waals surface area (Å²) in [5.41, 5.74) is 5.76. The van der Waals surface area contributed by atoms with Crippen LogP contribution in [-0.4, -0.2) is 11.9 Å². The Morgan fingerprint density at radius 2 is 2.00 bits per heavy atom. The summed E-state index contributed by atoms with van der Waals surface area (Å²) in [6.45, 7) is 6.42. The molecule has 0 fully saturated rings. The molecule has 1 amide bonds. The van der Waals surface area contributed by atoms with E-state index in [1.165, 1.54) is 12.1 Å². The first kappa shape index (κ1) is 14.5. The van der Waals surface area contributed by atoms with Crippen LogP contribution >= 0.6 is 0 Å². The number of anilines is 1. The molecular formula is C14H21FN2O. The lowest BCUT2D eigenvalue weighted by Crippen LogP contribution is -2.18. The summed E-state index contributed by atoms with van der Waals surface area (Å²) in [5, 5.41) is 3.25. The molecule has 1 atom stereocenters. The molecule has 0 spiro atoms. The molecule has 1 unspecified atom stereocenters. The van der Waals surface area contributed by atoms with Crippen molar-refractivity contribution in [3.63, 3.8) is 0 Å². The van der Waals surface area contributed by atoms with Gasteiger partial charge in [0.1, 0.15) is 5.82 Å². The van der Waals surface area contributed by atoms with E-state index in [9.17, 15) is 9.18 Å². The van der Waals surface area contributed by atoms with Gasteiger partial charge >= 0.3 is 0 Å². The number of amides is 1. The van der Waals surface area contributed by atoms with Crippen LogP contribution in [0.1, 0.15) is 44.0 Å².